The van der Waals surface area contributed by atoms with Crippen LogP contribution in [0.1, 0.15) is 25.3 Å². The number of alkyl halides is 3. The Hall–Kier alpha value is -2.29. The third kappa shape index (κ3) is 5.93. The van der Waals surface area contributed by atoms with E-state index in [0.717, 1.165) is 18.6 Å². The van der Waals surface area contributed by atoms with Crippen molar-refractivity contribution in [3.05, 3.63) is 48.2 Å². The Morgan fingerprint density at radius 3 is 2.48 bits per heavy atom. The Morgan fingerprint density at radius 2 is 1.88 bits per heavy atom. The third-order valence-electron chi connectivity index (χ3n) is 3.27. The minimum absolute atomic E-state index is 0.0216. The number of hydrogen-bond acceptors (Lipinski definition) is 4. The lowest BCUT2D eigenvalue weighted by Crippen LogP contribution is -2.16. The van der Waals surface area contributed by atoms with Gasteiger partial charge in [-0.3, -0.25) is 4.72 Å². The molecule has 1 aromatic heterocycles. The molecule has 0 radical (unpaired) electrons. The number of halogens is 3. The number of sulfonamides is 1. The summed E-state index contributed by atoms with van der Waals surface area (Å²) in [7, 11) is -3.43. The molecule has 9 heteroatoms. The second-order valence-electron chi connectivity index (χ2n) is 5.41. The summed E-state index contributed by atoms with van der Waals surface area (Å²) < 4.78 is 64.1. The van der Waals surface area contributed by atoms with Gasteiger partial charge in [-0.2, -0.15) is 13.2 Å². The van der Waals surface area contributed by atoms with Crippen LogP contribution in [0.4, 0.5) is 30.4 Å². The number of nitrogens with zero attached hydrogens (tertiary/aromatic N) is 1. The molecule has 1 aromatic carbocycles. The molecule has 2 rings (SSSR count). The van der Waals surface area contributed by atoms with Crippen molar-refractivity contribution in [1.29, 1.82) is 0 Å². The van der Waals surface area contributed by atoms with E-state index in [2.05, 4.69) is 15.0 Å². The zero-order chi connectivity index (χ0) is 18.5. The molecule has 0 fully saturated rings. The summed E-state index contributed by atoms with van der Waals surface area (Å²) in [6.45, 7) is 1.89. The molecule has 136 valence electrons. The average Bonchev–Trinajstić information content (AvgIpc) is 2.54. The average molecular weight is 373 g/mol. The predicted octanol–water partition coefficient (Wildman–Crippen LogP) is 4.39. The lowest BCUT2D eigenvalue weighted by atomic mass is 10.2. The lowest BCUT2D eigenvalue weighted by molar-refractivity contribution is -0.137. The van der Waals surface area contributed by atoms with Gasteiger partial charge in [-0.15, -0.1) is 0 Å². The summed E-state index contributed by atoms with van der Waals surface area (Å²) in [5.41, 5.74) is -0.234. The number of anilines is 3. The molecule has 5 nitrogen and oxygen atoms in total. The van der Waals surface area contributed by atoms with Crippen molar-refractivity contribution < 1.29 is 21.6 Å². The van der Waals surface area contributed by atoms with Crippen LogP contribution in [0.15, 0.2) is 42.6 Å². The summed E-state index contributed by atoms with van der Waals surface area (Å²) in [6, 6.07) is 7.71. The summed E-state index contributed by atoms with van der Waals surface area (Å²) >= 11 is 0. The van der Waals surface area contributed by atoms with Crippen LogP contribution in [0.25, 0.3) is 0 Å². The van der Waals surface area contributed by atoms with E-state index in [4.69, 9.17) is 0 Å². The maximum atomic E-state index is 12.7. The van der Waals surface area contributed by atoms with Gasteiger partial charge < -0.3 is 5.32 Å². The molecule has 0 amide bonds. The number of rotatable bonds is 7. The Bertz CT molecular complexity index is 806. The van der Waals surface area contributed by atoms with Crippen LogP contribution in [0.5, 0.6) is 0 Å². The molecular weight excluding hydrogens is 355 g/mol. The van der Waals surface area contributed by atoms with Gasteiger partial charge in [-0.05, 0) is 36.8 Å². The standard InChI is InChI=1S/C16H18F3N3O2S/c1-2-3-9-25(23,24)22-14-7-8-15(20-11-14)21-13-6-4-5-12(10-13)16(17,18)19/h4-8,10-11,22H,2-3,9H2,1H3,(H,20,21). The number of benzene rings is 1. The summed E-state index contributed by atoms with van der Waals surface area (Å²) in [5, 5.41) is 2.75. The lowest BCUT2D eigenvalue weighted by Gasteiger charge is -2.11. The van der Waals surface area contributed by atoms with Gasteiger partial charge in [0.05, 0.1) is 23.2 Å². The molecule has 0 unspecified atom stereocenters. The molecule has 0 aliphatic heterocycles. The molecule has 0 saturated carbocycles. The van der Waals surface area contributed by atoms with Crippen LogP contribution in [-0.2, 0) is 16.2 Å². The molecule has 0 aliphatic rings. The van der Waals surface area contributed by atoms with Gasteiger partial charge in [0.25, 0.3) is 0 Å². The minimum atomic E-state index is -4.42. The first-order valence-electron chi connectivity index (χ1n) is 7.60. The Balaban J connectivity index is 2.06. The van der Waals surface area contributed by atoms with Crippen LogP contribution >= 0.6 is 0 Å². The quantitative estimate of drug-likeness (QED) is 0.755. The fourth-order valence-corrected chi connectivity index (χ4v) is 3.26. The molecule has 2 N–H and O–H groups in total. The molecular formula is C16H18F3N3O2S. The van der Waals surface area contributed by atoms with Crippen molar-refractivity contribution in [3.8, 4) is 0 Å². The van der Waals surface area contributed by atoms with Crippen molar-refractivity contribution >= 4 is 27.2 Å². The van der Waals surface area contributed by atoms with Crippen LogP contribution in [-0.4, -0.2) is 19.2 Å². The van der Waals surface area contributed by atoms with Crippen LogP contribution in [0.3, 0.4) is 0 Å². The molecule has 0 spiro atoms. The van der Waals surface area contributed by atoms with E-state index in [1.54, 1.807) is 0 Å². The van der Waals surface area contributed by atoms with E-state index in [9.17, 15) is 21.6 Å². The van der Waals surface area contributed by atoms with Crippen molar-refractivity contribution in [1.82, 2.24) is 4.98 Å². The number of pyridine rings is 1. The van der Waals surface area contributed by atoms with E-state index in [1.807, 2.05) is 6.92 Å². The van der Waals surface area contributed by atoms with Crippen LogP contribution < -0.4 is 10.0 Å². The molecule has 0 bridgehead atoms. The normalized spacial score (nSPS) is 12.0. The second kappa shape index (κ2) is 7.73. The van der Waals surface area contributed by atoms with E-state index in [0.29, 0.717) is 17.9 Å². The molecule has 2 aromatic rings. The first kappa shape index (κ1) is 19.0. The highest BCUT2D eigenvalue weighted by atomic mass is 32.2. The Labute approximate surface area is 144 Å². The molecule has 25 heavy (non-hydrogen) atoms. The number of nitrogens with one attached hydrogen (secondary N) is 2. The maximum Gasteiger partial charge on any atom is 0.416 e. The van der Waals surface area contributed by atoms with Crippen molar-refractivity contribution in [2.45, 2.75) is 25.9 Å². The fraction of sp³-hybridized carbons (Fsp3) is 0.312. The largest absolute Gasteiger partial charge is 0.416 e. The van der Waals surface area contributed by atoms with E-state index < -0.39 is 21.8 Å². The van der Waals surface area contributed by atoms with Gasteiger partial charge in [0.2, 0.25) is 10.0 Å². The van der Waals surface area contributed by atoms with E-state index in [1.165, 1.54) is 30.5 Å². The highest BCUT2D eigenvalue weighted by molar-refractivity contribution is 7.92. The summed E-state index contributed by atoms with van der Waals surface area (Å²) in [6.07, 6.45) is -1.80. The van der Waals surface area contributed by atoms with Gasteiger partial charge >= 0.3 is 6.18 Å². The van der Waals surface area contributed by atoms with Gasteiger partial charge in [0.1, 0.15) is 5.82 Å². The first-order valence-corrected chi connectivity index (χ1v) is 9.25. The highest BCUT2D eigenvalue weighted by Crippen LogP contribution is 2.31. The Morgan fingerprint density at radius 1 is 1.12 bits per heavy atom. The topological polar surface area (TPSA) is 71.1 Å². The fourth-order valence-electron chi connectivity index (χ4n) is 2.01. The van der Waals surface area contributed by atoms with Crippen molar-refractivity contribution in [3.63, 3.8) is 0 Å². The second-order valence-corrected chi connectivity index (χ2v) is 7.25. The van der Waals surface area contributed by atoms with Gasteiger partial charge in [0, 0.05) is 5.69 Å². The summed E-state index contributed by atoms with van der Waals surface area (Å²) in [4.78, 5) is 4.01. The zero-order valence-electron chi connectivity index (χ0n) is 13.5. The van der Waals surface area contributed by atoms with Crippen LogP contribution in [0.2, 0.25) is 0 Å². The van der Waals surface area contributed by atoms with Gasteiger partial charge in [-0.1, -0.05) is 19.4 Å². The highest BCUT2D eigenvalue weighted by Gasteiger charge is 2.30. The maximum absolute atomic E-state index is 12.7. The Kier molecular flexibility index (Phi) is 5.89. The van der Waals surface area contributed by atoms with Crippen molar-refractivity contribution in [2.75, 3.05) is 15.8 Å². The number of unbranched alkanes of at least 4 members (excludes halogenated alkanes) is 1. The SMILES string of the molecule is CCCCS(=O)(=O)Nc1ccc(Nc2cccc(C(F)(F)F)c2)nc1. The van der Waals surface area contributed by atoms with Gasteiger partial charge in [-0.25, -0.2) is 13.4 Å². The molecule has 1 heterocycles. The molecule has 0 atom stereocenters. The zero-order valence-corrected chi connectivity index (χ0v) is 14.3. The smallest absolute Gasteiger partial charge is 0.340 e. The third-order valence-corrected chi connectivity index (χ3v) is 4.64. The van der Waals surface area contributed by atoms with E-state index >= 15 is 0 Å². The number of aromatic nitrogens is 1. The van der Waals surface area contributed by atoms with Crippen LogP contribution in [0, 0.1) is 0 Å². The number of hydrogen-bond donors (Lipinski definition) is 2. The molecule has 0 saturated heterocycles. The predicted molar refractivity (Wildman–Crippen MR) is 91.3 cm³/mol. The monoisotopic (exact) mass is 373 g/mol. The first-order chi connectivity index (χ1) is 11.7. The van der Waals surface area contributed by atoms with Crippen molar-refractivity contribution in [2.24, 2.45) is 0 Å². The van der Waals surface area contributed by atoms with Gasteiger partial charge in [0.15, 0.2) is 0 Å². The van der Waals surface area contributed by atoms with E-state index in [-0.39, 0.29) is 11.4 Å². The minimum Gasteiger partial charge on any atom is -0.340 e. The molecule has 0 aliphatic carbocycles. The summed E-state index contributed by atoms with van der Waals surface area (Å²) in [5.74, 6) is 0.323.